The molecule has 6 heteroatoms. The lowest BCUT2D eigenvalue weighted by molar-refractivity contribution is -0.116. The van der Waals surface area contributed by atoms with Crippen molar-refractivity contribution in [2.45, 2.75) is 26.3 Å². The van der Waals surface area contributed by atoms with Crippen molar-refractivity contribution in [2.24, 2.45) is 4.99 Å². The van der Waals surface area contributed by atoms with Crippen molar-refractivity contribution in [2.75, 3.05) is 0 Å². The predicted molar refractivity (Wildman–Crippen MR) is 84.2 cm³/mol. The number of hydrogen-bond donors (Lipinski definition) is 2. The molecule has 0 saturated heterocycles. The van der Waals surface area contributed by atoms with Gasteiger partial charge in [-0.2, -0.15) is 0 Å². The molecule has 0 spiro atoms. The van der Waals surface area contributed by atoms with Gasteiger partial charge < -0.3 is 10.4 Å². The van der Waals surface area contributed by atoms with Crippen LogP contribution in [0.2, 0.25) is 0 Å². The average Bonchev–Trinajstić information content (AvgIpc) is 2.45. The third kappa shape index (κ3) is 4.12. The van der Waals surface area contributed by atoms with Gasteiger partial charge in [0.25, 0.3) is 5.91 Å². The van der Waals surface area contributed by atoms with E-state index in [4.69, 9.17) is 0 Å². The molecule has 2 rings (SSSR count). The zero-order chi connectivity index (χ0) is 16.2. The molecular weight excluding hydrogens is 280 g/mol. The normalized spacial score (nSPS) is 12.0. The zero-order valence-electron chi connectivity index (χ0n) is 12.7. The van der Waals surface area contributed by atoms with Crippen molar-refractivity contribution in [1.82, 2.24) is 15.3 Å². The van der Waals surface area contributed by atoms with Crippen molar-refractivity contribution >= 4 is 17.6 Å². The number of nitrogens with one attached hydrogen (secondary N) is 1. The van der Waals surface area contributed by atoms with E-state index in [1.165, 1.54) is 18.5 Å². The molecule has 0 atom stereocenters. The van der Waals surface area contributed by atoms with Crippen LogP contribution in [0.3, 0.4) is 0 Å². The molecule has 2 aromatic rings. The lowest BCUT2D eigenvalue weighted by atomic mass is 10.1. The summed E-state index contributed by atoms with van der Waals surface area (Å²) in [4.78, 5) is 24.7. The number of aromatic hydroxyl groups is 1. The van der Waals surface area contributed by atoms with Crippen molar-refractivity contribution in [1.29, 1.82) is 0 Å². The number of phenols is 1. The number of benzene rings is 1. The highest BCUT2D eigenvalue weighted by molar-refractivity contribution is 6.46. The SMILES string of the molecule is CC(C)(C)NC(=O)C(=Nc1ncccn1)c1ccccc1O. The first kappa shape index (κ1) is 15.6. The molecule has 22 heavy (non-hydrogen) atoms. The Bertz CT molecular complexity index is 691. The first-order chi connectivity index (χ1) is 10.4. The molecule has 2 N–H and O–H groups in total. The first-order valence-corrected chi connectivity index (χ1v) is 6.83. The third-order valence-corrected chi connectivity index (χ3v) is 2.63. The number of hydrogen-bond acceptors (Lipinski definition) is 5. The van der Waals surface area contributed by atoms with Gasteiger partial charge in [0.15, 0.2) is 0 Å². The number of aliphatic imine (C=N–C) groups is 1. The van der Waals surface area contributed by atoms with Gasteiger partial charge in [0.05, 0.1) is 0 Å². The van der Waals surface area contributed by atoms with Gasteiger partial charge in [0.1, 0.15) is 11.5 Å². The monoisotopic (exact) mass is 298 g/mol. The number of phenolic OH excluding ortho intramolecular Hbond substituents is 1. The zero-order valence-corrected chi connectivity index (χ0v) is 12.7. The number of nitrogens with zero attached hydrogens (tertiary/aromatic N) is 3. The molecule has 0 unspecified atom stereocenters. The highest BCUT2D eigenvalue weighted by Crippen LogP contribution is 2.19. The number of carbonyl (C=O) groups is 1. The van der Waals surface area contributed by atoms with E-state index in [0.29, 0.717) is 5.56 Å². The molecular formula is C16H18N4O2. The van der Waals surface area contributed by atoms with Crippen molar-refractivity contribution < 1.29 is 9.90 Å². The highest BCUT2D eigenvalue weighted by atomic mass is 16.3. The Balaban J connectivity index is 2.48. The first-order valence-electron chi connectivity index (χ1n) is 6.83. The van der Waals surface area contributed by atoms with E-state index in [9.17, 15) is 9.90 Å². The van der Waals surface area contributed by atoms with E-state index in [-0.39, 0.29) is 17.4 Å². The van der Waals surface area contributed by atoms with Crippen LogP contribution in [0.5, 0.6) is 5.75 Å². The van der Waals surface area contributed by atoms with Gasteiger partial charge in [0, 0.05) is 23.5 Å². The minimum Gasteiger partial charge on any atom is -0.507 e. The van der Waals surface area contributed by atoms with Crippen LogP contribution in [0.1, 0.15) is 26.3 Å². The quantitative estimate of drug-likeness (QED) is 0.850. The van der Waals surface area contributed by atoms with E-state index in [1.54, 1.807) is 24.3 Å². The molecule has 1 amide bonds. The minimum absolute atomic E-state index is 0.0266. The maximum atomic E-state index is 12.5. The predicted octanol–water partition coefficient (Wildman–Crippen LogP) is 2.22. The summed E-state index contributed by atoms with van der Waals surface area (Å²) in [5, 5.41) is 12.8. The Morgan fingerprint density at radius 3 is 2.36 bits per heavy atom. The smallest absolute Gasteiger partial charge is 0.271 e. The minimum atomic E-state index is -0.431. The molecule has 1 aromatic heterocycles. The number of amides is 1. The van der Waals surface area contributed by atoms with Crippen molar-refractivity contribution in [3.05, 3.63) is 48.3 Å². The van der Waals surface area contributed by atoms with E-state index >= 15 is 0 Å². The molecule has 0 aliphatic rings. The Morgan fingerprint density at radius 1 is 1.14 bits per heavy atom. The van der Waals surface area contributed by atoms with Crippen LogP contribution in [0.15, 0.2) is 47.7 Å². The van der Waals surface area contributed by atoms with Gasteiger partial charge >= 0.3 is 0 Å². The van der Waals surface area contributed by atoms with E-state index in [1.807, 2.05) is 20.8 Å². The van der Waals surface area contributed by atoms with Crippen molar-refractivity contribution in [3.63, 3.8) is 0 Å². The molecule has 0 bridgehead atoms. The molecule has 0 fully saturated rings. The number of carbonyl (C=O) groups excluding carboxylic acids is 1. The van der Waals surface area contributed by atoms with Crippen molar-refractivity contribution in [3.8, 4) is 5.75 Å². The Kier molecular flexibility index (Phi) is 4.50. The molecule has 0 saturated carbocycles. The van der Waals surface area contributed by atoms with Crippen LogP contribution >= 0.6 is 0 Å². The second kappa shape index (κ2) is 6.34. The summed E-state index contributed by atoms with van der Waals surface area (Å²) in [6.45, 7) is 5.60. The second-order valence-electron chi connectivity index (χ2n) is 5.73. The van der Waals surface area contributed by atoms with Crippen LogP contribution in [-0.2, 0) is 4.79 Å². The summed E-state index contributed by atoms with van der Waals surface area (Å²) in [6, 6.07) is 8.19. The van der Waals surface area contributed by atoms with E-state index in [2.05, 4.69) is 20.3 Å². The van der Waals surface area contributed by atoms with Gasteiger partial charge in [0.2, 0.25) is 5.95 Å². The fraction of sp³-hybridized carbons (Fsp3) is 0.250. The maximum Gasteiger partial charge on any atom is 0.271 e. The fourth-order valence-corrected chi connectivity index (χ4v) is 1.76. The van der Waals surface area contributed by atoms with E-state index in [0.717, 1.165) is 0 Å². The standard InChI is InChI=1S/C16H18N4O2/c1-16(2,3)20-14(22)13(11-7-4-5-8-12(11)21)19-15-17-9-6-10-18-15/h4-10,21H,1-3H3,(H,20,22). The van der Waals surface area contributed by atoms with Gasteiger partial charge in [-0.25, -0.2) is 15.0 Å². The Morgan fingerprint density at radius 2 is 1.77 bits per heavy atom. The van der Waals surface area contributed by atoms with E-state index < -0.39 is 11.4 Å². The lowest BCUT2D eigenvalue weighted by Gasteiger charge is -2.21. The molecule has 1 heterocycles. The van der Waals surface area contributed by atoms with Gasteiger partial charge in [-0.05, 0) is 39.0 Å². The number of para-hydroxylation sites is 1. The second-order valence-corrected chi connectivity index (χ2v) is 5.73. The molecule has 0 radical (unpaired) electrons. The number of aromatic nitrogens is 2. The Labute approximate surface area is 129 Å². The number of rotatable bonds is 3. The van der Waals surface area contributed by atoms with Crippen LogP contribution in [0, 0.1) is 0 Å². The molecule has 1 aromatic carbocycles. The van der Waals surface area contributed by atoms with Crippen LogP contribution in [0.25, 0.3) is 0 Å². The molecule has 0 aliphatic heterocycles. The highest BCUT2D eigenvalue weighted by Gasteiger charge is 2.22. The van der Waals surface area contributed by atoms with Gasteiger partial charge in [-0.3, -0.25) is 4.79 Å². The summed E-state index contributed by atoms with van der Waals surface area (Å²) in [7, 11) is 0. The summed E-state index contributed by atoms with van der Waals surface area (Å²) in [6.07, 6.45) is 3.08. The van der Waals surface area contributed by atoms with Crippen LogP contribution in [-0.4, -0.2) is 32.2 Å². The molecule has 114 valence electrons. The van der Waals surface area contributed by atoms with Crippen LogP contribution < -0.4 is 5.32 Å². The fourth-order valence-electron chi connectivity index (χ4n) is 1.76. The lowest BCUT2D eigenvalue weighted by Crippen LogP contribution is -2.44. The molecule has 0 aliphatic carbocycles. The maximum absolute atomic E-state index is 12.5. The third-order valence-electron chi connectivity index (χ3n) is 2.63. The van der Waals surface area contributed by atoms with Crippen LogP contribution in [0.4, 0.5) is 5.95 Å². The van der Waals surface area contributed by atoms with Gasteiger partial charge in [-0.15, -0.1) is 0 Å². The summed E-state index contributed by atoms with van der Waals surface area (Å²) >= 11 is 0. The largest absolute Gasteiger partial charge is 0.507 e. The molecule has 6 nitrogen and oxygen atoms in total. The average molecular weight is 298 g/mol. The topological polar surface area (TPSA) is 87.5 Å². The summed E-state index contributed by atoms with van der Waals surface area (Å²) < 4.78 is 0. The summed E-state index contributed by atoms with van der Waals surface area (Å²) in [5.74, 6) is -0.271. The summed E-state index contributed by atoms with van der Waals surface area (Å²) in [5.41, 5.74) is -0.0317. The Hall–Kier alpha value is -2.76. The van der Waals surface area contributed by atoms with Gasteiger partial charge in [-0.1, -0.05) is 12.1 Å².